The van der Waals surface area contributed by atoms with E-state index in [0.717, 1.165) is 5.69 Å². The summed E-state index contributed by atoms with van der Waals surface area (Å²) in [7, 11) is 0. The molecule has 1 N–H and O–H groups in total. The largest absolute Gasteiger partial charge is 0.308 e. The molecule has 1 heterocycles. The Labute approximate surface area is 123 Å². The zero-order valence-electron chi connectivity index (χ0n) is 9.91. The first-order chi connectivity index (χ1) is 9.13. The van der Waals surface area contributed by atoms with E-state index in [1.165, 1.54) is 25.0 Å². The van der Waals surface area contributed by atoms with Gasteiger partial charge < -0.3 is 5.32 Å². The van der Waals surface area contributed by atoms with Crippen LogP contribution < -0.4 is 5.32 Å². The molecule has 1 aliphatic carbocycles. The second kappa shape index (κ2) is 5.19. The van der Waals surface area contributed by atoms with Crippen LogP contribution in [0.5, 0.6) is 0 Å². The number of rotatable bonds is 4. The molecule has 4 nitrogen and oxygen atoms in total. The van der Waals surface area contributed by atoms with Crippen molar-refractivity contribution in [3.8, 4) is 5.69 Å². The van der Waals surface area contributed by atoms with E-state index < -0.39 is 5.82 Å². The van der Waals surface area contributed by atoms with E-state index in [4.69, 9.17) is 11.6 Å². The van der Waals surface area contributed by atoms with Gasteiger partial charge in [-0.3, -0.25) is 0 Å². The lowest BCUT2D eigenvalue weighted by atomic mass is 10.3. The first kappa shape index (κ1) is 13.0. The molecule has 1 saturated carbocycles. The standard InChI is InChI=1S/C12H11BrClFN4/c13-10-3-7(15)4-11(14)12(10)19-6-9(17-18-19)5-16-8-1-2-8/h3-4,6,8,16H,1-2,5H2. The molecule has 1 fully saturated rings. The zero-order chi connectivity index (χ0) is 13.4. The molecule has 19 heavy (non-hydrogen) atoms. The van der Waals surface area contributed by atoms with E-state index in [9.17, 15) is 4.39 Å². The van der Waals surface area contributed by atoms with Crippen molar-refractivity contribution in [3.05, 3.63) is 39.3 Å². The Bertz CT molecular complexity index is 589. The summed E-state index contributed by atoms with van der Waals surface area (Å²) < 4.78 is 15.3. The highest BCUT2D eigenvalue weighted by molar-refractivity contribution is 9.10. The van der Waals surface area contributed by atoms with Gasteiger partial charge in [-0.1, -0.05) is 16.8 Å². The number of halogens is 3. The fraction of sp³-hybridized carbons (Fsp3) is 0.333. The van der Waals surface area contributed by atoms with E-state index in [0.29, 0.717) is 27.8 Å². The quantitative estimate of drug-likeness (QED) is 0.926. The van der Waals surface area contributed by atoms with Gasteiger partial charge >= 0.3 is 0 Å². The highest BCUT2D eigenvalue weighted by atomic mass is 79.9. The Kier molecular flexibility index (Phi) is 3.56. The van der Waals surface area contributed by atoms with E-state index in [1.807, 2.05) is 0 Å². The minimum Gasteiger partial charge on any atom is -0.308 e. The van der Waals surface area contributed by atoms with Gasteiger partial charge in [0.05, 0.1) is 22.6 Å². The maximum absolute atomic E-state index is 13.2. The summed E-state index contributed by atoms with van der Waals surface area (Å²) in [6.45, 7) is 0.682. The van der Waals surface area contributed by atoms with E-state index in [1.54, 1.807) is 10.9 Å². The summed E-state index contributed by atoms with van der Waals surface area (Å²) >= 11 is 9.33. The van der Waals surface area contributed by atoms with Crippen LogP contribution in [0, 0.1) is 5.82 Å². The fourth-order valence-corrected chi connectivity index (χ4v) is 2.80. The SMILES string of the molecule is Fc1cc(Cl)c(-n2cc(CNC3CC3)nn2)c(Br)c1. The third-order valence-electron chi connectivity index (χ3n) is 2.90. The molecule has 0 bridgehead atoms. The van der Waals surface area contributed by atoms with Crippen LogP contribution in [0.25, 0.3) is 5.69 Å². The smallest absolute Gasteiger partial charge is 0.125 e. The Morgan fingerprint density at radius 2 is 2.26 bits per heavy atom. The van der Waals surface area contributed by atoms with Crippen LogP contribution in [0.3, 0.4) is 0 Å². The van der Waals surface area contributed by atoms with E-state index in [-0.39, 0.29) is 0 Å². The van der Waals surface area contributed by atoms with Crippen molar-refractivity contribution in [1.82, 2.24) is 20.3 Å². The van der Waals surface area contributed by atoms with Gasteiger partial charge in [0, 0.05) is 17.1 Å². The van der Waals surface area contributed by atoms with Crippen LogP contribution in [-0.2, 0) is 6.54 Å². The molecular formula is C12H11BrClFN4. The minimum atomic E-state index is -0.392. The van der Waals surface area contributed by atoms with Gasteiger partial charge in [0.25, 0.3) is 0 Å². The second-order valence-corrected chi connectivity index (χ2v) is 5.79. The first-order valence-corrected chi connectivity index (χ1v) is 7.10. The summed E-state index contributed by atoms with van der Waals surface area (Å²) in [5.74, 6) is -0.392. The molecule has 0 radical (unpaired) electrons. The molecule has 0 amide bonds. The van der Waals surface area contributed by atoms with Gasteiger partial charge in [0.15, 0.2) is 0 Å². The van der Waals surface area contributed by atoms with Crippen molar-refractivity contribution in [2.24, 2.45) is 0 Å². The van der Waals surface area contributed by atoms with Crippen molar-refractivity contribution >= 4 is 27.5 Å². The van der Waals surface area contributed by atoms with Crippen molar-refractivity contribution in [3.63, 3.8) is 0 Å². The van der Waals surface area contributed by atoms with Crippen LogP contribution in [0.2, 0.25) is 5.02 Å². The molecule has 1 aliphatic rings. The van der Waals surface area contributed by atoms with Crippen molar-refractivity contribution in [2.75, 3.05) is 0 Å². The fourth-order valence-electron chi connectivity index (χ4n) is 1.78. The van der Waals surface area contributed by atoms with Gasteiger partial charge in [0.2, 0.25) is 0 Å². The molecule has 2 aromatic rings. The molecule has 0 unspecified atom stereocenters. The lowest BCUT2D eigenvalue weighted by Gasteiger charge is -2.06. The van der Waals surface area contributed by atoms with Gasteiger partial charge in [-0.25, -0.2) is 9.07 Å². The Morgan fingerprint density at radius 1 is 1.47 bits per heavy atom. The monoisotopic (exact) mass is 344 g/mol. The third-order valence-corrected chi connectivity index (χ3v) is 3.79. The number of hydrogen-bond donors (Lipinski definition) is 1. The van der Waals surface area contributed by atoms with Crippen molar-refractivity contribution in [1.29, 1.82) is 0 Å². The Balaban J connectivity index is 1.85. The molecule has 0 aliphatic heterocycles. The topological polar surface area (TPSA) is 42.7 Å². The van der Waals surface area contributed by atoms with Gasteiger partial charge in [-0.2, -0.15) is 0 Å². The predicted molar refractivity (Wildman–Crippen MR) is 73.9 cm³/mol. The molecule has 0 saturated heterocycles. The van der Waals surface area contributed by atoms with Crippen molar-refractivity contribution < 1.29 is 4.39 Å². The summed E-state index contributed by atoms with van der Waals surface area (Å²) in [6, 6.07) is 3.22. The van der Waals surface area contributed by atoms with E-state index in [2.05, 4.69) is 31.6 Å². The van der Waals surface area contributed by atoms with Crippen LogP contribution in [0.15, 0.2) is 22.8 Å². The summed E-state index contributed by atoms with van der Waals surface area (Å²) in [5, 5.41) is 11.7. The zero-order valence-corrected chi connectivity index (χ0v) is 12.2. The Hall–Kier alpha value is -0.980. The number of aromatic nitrogens is 3. The van der Waals surface area contributed by atoms with Crippen molar-refractivity contribution in [2.45, 2.75) is 25.4 Å². The summed E-state index contributed by atoms with van der Waals surface area (Å²) in [6.07, 6.45) is 4.24. The average molecular weight is 346 g/mol. The normalized spacial score (nSPS) is 14.9. The molecule has 0 spiro atoms. The minimum absolute atomic E-state index is 0.290. The first-order valence-electron chi connectivity index (χ1n) is 5.93. The lowest BCUT2D eigenvalue weighted by molar-refractivity contribution is 0.625. The molecule has 7 heteroatoms. The third kappa shape index (κ3) is 2.96. The molecule has 3 rings (SSSR count). The number of hydrogen-bond acceptors (Lipinski definition) is 3. The predicted octanol–water partition coefficient (Wildman–Crippen LogP) is 3.07. The van der Waals surface area contributed by atoms with Crippen LogP contribution in [0.1, 0.15) is 18.5 Å². The number of benzene rings is 1. The molecule has 1 aromatic heterocycles. The lowest BCUT2D eigenvalue weighted by Crippen LogP contribution is -2.15. The molecule has 0 atom stereocenters. The highest BCUT2D eigenvalue weighted by Crippen LogP contribution is 2.29. The maximum Gasteiger partial charge on any atom is 0.125 e. The molecule has 100 valence electrons. The summed E-state index contributed by atoms with van der Waals surface area (Å²) in [5.41, 5.74) is 1.42. The second-order valence-electron chi connectivity index (χ2n) is 4.53. The van der Waals surface area contributed by atoms with Crippen LogP contribution >= 0.6 is 27.5 Å². The molecule has 1 aromatic carbocycles. The van der Waals surface area contributed by atoms with Gasteiger partial charge in [0.1, 0.15) is 5.82 Å². The van der Waals surface area contributed by atoms with Crippen LogP contribution in [0.4, 0.5) is 4.39 Å². The summed E-state index contributed by atoms with van der Waals surface area (Å²) in [4.78, 5) is 0. The Morgan fingerprint density at radius 3 is 2.95 bits per heavy atom. The van der Waals surface area contributed by atoms with E-state index >= 15 is 0 Å². The number of nitrogens with zero attached hydrogens (tertiary/aromatic N) is 3. The number of nitrogens with one attached hydrogen (secondary N) is 1. The average Bonchev–Trinajstić information content (AvgIpc) is 3.05. The van der Waals surface area contributed by atoms with Gasteiger partial charge in [-0.15, -0.1) is 5.10 Å². The van der Waals surface area contributed by atoms with Gasteiger partial charge in [-0.05, 0) is 40.9 Å². The molecular weight excluding hydrogens is 335 g/mol. The van der Waals surface area contributed by atoms with Crippen LogP contribution in [-0.4, -0.2) is 21.0 Å². The highest BCUT2D eigenvalue weighted by Gasteiger charge is 2.20. The maximum atomic E-state index is 13.2.